The molecule has 0 atom stereocenters. The first-order valence-electron chi connectivity index (χ1n) is 17.1. The van der Waals surface area contributed by atoms with E-state index in [0.29, 0.717) is 5.95 Å². The van der Waals surface area contributed by atoms with Gasteiger partial charge in [-0.3, -0.25) is 4.57 Å². The van der Waals surface area contributed by atoms with Crippen LogP contribution >= 0.6 is 0 Å². The summed E-state index contributed by atoms with van der Waals surface area (Å²) in [7, 11) is 0. The average molecular weight is 635 g/mol. The summed E-state index contributed by atoms with van der Waals surface area (Å²) in [5, 5.41) is 13.4. The summed E-state index contributed by atoms with van der Waals surface area (Å²) in [6, 6.07) is 56.7. The van der Waals surface area contributed by atoms with Crippen molar-refractivity contribution in [2.24, 2.45) is 0 Å². The van der Waals surface area contributed by atoms with Crippen molar-refractivity contribution in [3.8, 4) is 17.2 Å². The van der Waals surface area contributed by atoms with Gasteiger partial charge >= 0.3 is 0 Å². The third kappa shape index (κ3) is 3.21. The number of nitrogens with zero attached hydrogens (tertiary/aromatic N) is 4. The number of hydrogen-bond acceptors (Lipinski definition) is 2. The van der Waals surface area contributed by atoms with Crippen LogP contribution in [-0.2, 0) is 0 Å². The van der Waals surface area contributed by atoms with Gasteiger partial charge in [0.2, 0.25) is 5.95 Å². The van der Waals surface area contributed by atoms with E-state index in [-0.39, 0.29) is 0 Å². The van der Waals surface area contributed by atoms with Gasteiger partial charge in [-0.1, -0.05) is 140 Å². The third-order valence-electron chi connectivity index (χ3n) is 10.8. The molecule has 4 aromatic heterocycles. The fraction of sp³-hybridized carbons (Fsp3) is 0. The van der Waals surface area contributed by atoms with Gasteiger partial charge in [-0.05, 0) is 34.4 Å². The largest absolute Gasteiger partial charge is 0.307 e. The molecule has 230 valence electrons. The summed E-state index contributed by atoms with van der Waals surface area (Å²) >= 11 is 0. The van der Waals surface area contributed by atoms with Crippen LogP contribution in [-0.4, -0.2) is 18.9 Å². The summed E-state index contributed by atoms with van der Waals surface area (Å²) in [5.74, 6) is 0.668. The SMILES string of the molecule is c1ccc2c(-c3nc(-n4c5ccccc5c5c4c4ccccc4c4c6cccc7c8ccccc8n(c76)c45)nc4ccccc34)cccc2c1. The smallest absolute Gasteiger partial charge is 0.235 e. The molecule has 0 aliphatic carbocycles. The fourth-order valence-electron chi connectivity index (χ4n) is 8.85. The lowest BCUT2D eigenvalue weighted by molar-refractivity contribution is 1.02. The molecule has 0 amide bonds. The van der Waals surface area contributed by atoms with Gasteiger partial charge in [0, 0.05) is 48.7 Å². The van der Waals surface area contributed by atoms with Gasteiger partial charge in [0.1, 0.15) is 0 Å². The Morgan fingerprint density at radius 3 is 1.84 bits per heavy atom. The number of aromatic nitrogens is 4. The minimum Gasteiger partial charge on any atom is -0.307 e. The van der Waals surface area contributed by atoms with Crippen LogP contribution in [0.3, 0.4) is 0 Å². The van der Waals surface area contributed by atoms with E-state index in [2.05, 4.69) is 167 Å². The molecule has 0 radical (unpaired) electrons. The summed E-state index contributed by atoms with van der Waals surface area (Å²) in [4.78, 5) is 10.9. The summed E-state index contributed by atoms with van der Waals surface area (Å²) in [6.45, 7) is 0. The van der Waals surface area contributed by atoms with E-state index < -0.39 is 0 Å². The first-order valence-corrected chi connectivity index (χ1v) is 17.1. The number of fused-ring (bicyclic) bond motifs is 15. The van der Waals surface area contributed by atoms with E-state index in [1.807, 2.05) is 0 Å². The van der Waals surface area contributed by atoms with Crippen LogP contribution in [0, 0.1) is 0 Å². The van der Waals surface area contributed by atoms with Crippen molar-refractivity contribution in [1.29, 1.82) is 0 Å². The maximum Gasteiger partial charge on any atom is 0.235 e. The molecular formula is C46H26N4. The molecule has 0 saturated carbocycles. The maximum atomic E-state index is 5.53. The highest BCUT2D eigenvalue weighted by Gasteiger charge is 2.26. The lowest BCUT2D eigenvalue weighted by atomic mass is 9.98. The van der Waals surface area contributed by atoms with Gasteiger partial charge < -0.3 is 4.40 Å². The highest BCUT2D eigenvalue weighted by atomic mass is 15.2. The second-order valence-electron chi connectivity index (χ2n) is 13.3. The van der Waals surface area contributed by atoms with E-state index in [9.17, 15) is 0 Å². The topological polar surface area (TPSA) is 35.1 Å². The molecule has 0 fully saturated rings. The molecule has 0 bridgehead atoms. The zero-order chi connectivity index (χ0) is 32.5. The summed E-state index contributed by atoms with van der Waals surface area (Å²) in [5.41, 5.74) is 8.90. The molecule has 0 N–H and O–H groups in total. The molecule has 0 spiro atoms. The van der Waals surface area contributed by atoms with Crippen molar-refractivity contribution in [2.45, 2.75) is 0 Å². The van der Waals surface area contributed by atoms with Crippen molar-refractivity contribution >= 4 is 92.3 Å². The minimum atomic E-state index is 0.668. The number of para-hydroxylation sites is 4. The molecular weight excluding hydrogens is 609 g/mol. The van der Waals surface area contributed by atoms with Gasteiger partial charge in [0.05, 0.1) is 38.8 Å². The van der Waals surface area contributed by atoms with Crippen LogP contribution in [0.15, 0.2) is 158 Å². The Morgan fingerprint density at radius 2 is 0.960 bits per heavy atom. The fourth-order valence-corrected chi connectivity index (χ4v) is 8.85. The predicted octanol–water partition coefficient (Wildman–Crippen LogP) is 11.9. The van der Waals surface area contributed by atoms with Gasteiger partial charge in [0.15, 0.2) is 0 Å². The standard InChI is InChI=1S/C46H26N4/c1-2-15-28-27(13-1)14-11-21-31(28)42-34-19-5-8-24-37(34)47-46(48-42)50-39-26-10-7-20-35(39)41-44(50)33-18-4-3-17-30(33)40-36-23-12-22-32-29-16-6-9-25-38(29)49(43(32)36)45(40)41/h1-26H. The van der Waals surface area contributed by atoms with E-state index in [1.165, 1.54) is 70.4 Å². The quantitative estimate of drug-likeness (QED) is 0.190. The zero-order valence-corrected chi connectivity index (χ0v) is 26.8. The summed E-state index contributed by atoms with van der Waals surface area (Å²) in [6.07, 6.45) is 0. The Balaban J connectivity index is 1.33. The van der Waals surface area contributed by atoms with Crippen LogP contribution in [0.1, 0.15) is 0 Å². The van der Waals surface area contributed by atoms with Crippen molar-refractivity contribution in [3.05, 3.63) is 158 Å². The Bertz CT molecular complexity index is 3370. The Kier molecular flexibility index (Phi) is 4.94. The van der Waals surface area contributed by atoms with E-state index >= 15 is 0 Å². The second-order valence-corrected chi connectivity index (χ2v) is 13.3. The zero-order valence-electron chi connectivity index (χ0n) is 26.8. The number of rotatable bonds is 2. The number of hydrogen-bond donors (Lipinski definition) is 0. The highest BCUT2D eigenvalue weighted by molar-refractivity contribution is 6.39. The number of benzene rings is 8. The van der Waals surface area contributed by atoms with Crippen LogP contribution < -0.4 is 0 Å². The predicted molar refractivity (Wildman–Crippen MR) is 209 cm³/mol. The van der Waals surface area contributed by atoms with Crippen molar-refractivity contribution in [2.75, 3.05) is 0 Å². The minimum absolute atomic E-state index is 0.668. The third-order valence-corrected chi connectivity index (χ3v) is 10.8. The monoisotopic (exact) mass is 634 g/mol. The molecule has 0 aliphatic rings. The van der Waals surface area contributed by atoms with Crippen molar-refractivity contribution in [3.63, 3.8) is 0 Å². The lowest BCUT2D eigenvalue weighted by Gasteiger charge is -2.14. The van der Waals surface area contributed by atoms with E-state index in [1.54, 1.807) is 0 Å². The molecule has 0 saturated heterocycles. The molecule has 0 unspecified atom stereocenters. The molecule has 4 heterocycles. The first-order chi connectivity index (χ1) is 24.8. The van der Waals surface area contributed by atoms with Crippen molar-refractivity contribution < 1.29 is 0 Å². The van der Waals surface area contributed by atoms with E-state index in [0.717, 1.165) is 33.2 Å². The van der Waals surface area contributed by atoms with Crippen LogP contribution in [0.25, 0.3) is 110 Å². The van der Waals surface area contributed by atoms with Crippen LogP contribution in [0.5, 0.6) is 0 Å². The molecule has 50 heavy (non-hydrogen) atoms. The molecule has 4 nitrogen and oxygen atoms in total. The highest BCUT2D eigenvalue weighted by Crippen LogP contribution is 2.48. The van der Waals surface area contributed by atoms with Gasteiger partial charge in [-0.15, -0.1) is 0 Å². The molecule has 12 rings (SSSR count). The van der Waals surface area contributed by atoms with Crippen LogP contribution in [0.2, 0.25) is 0 Å². The molecule has 0 aliphatic heterocycles. The van der Waals surface area contributed by atoms with Crippen molar-refractivity contribution in [1.82, 2.24) is 18.9 Å². The molecule has 8 aromatic carbocycles. The summed E-state index contributed by atoms with van der Waals surface area (Å²) < 4.78 is 4.84. The van der Waals surface area contributed by atoms with Gasteiger partial charge in [-0.25, -0.2) is 9.97 Å². The normalized spacial score (nSPS) is 12.4. The average Bonchev–Trinajstić information content (AvgIpc) is 3.83. The van der Waals surface area contributed by atoms with E-state index in [4.69, 9.17) is 9.97 Å². The molecule has 4 heteroatoms. The maximum absolute atomic E-state index is 5.53. The van der Waals surface area contributed by atoms with Gasteiger partial charge in [-0.2, -0.15) is 0 Å². The van der Waals surface area contributed by atoms with Gasteiger partial charge in [0.25, 0.3) is 0 Å². The Labute approximate surface area is 285 Å². The molecule has 12 aromatic rings. The lowest BCUT2D eigenvalue weighted by Crippen LogP contribution is -2.04. The Morgan fingerprint density at radius 1 is 0.360 bits per heavy atom. The first kappa shape index (κ1) is 26.2. The Hall–Kier alpha value is -6.78. The van der Waals surface area contributed by atoms with Crippen LogP contribution in [0.4, 0.5) is 0 Å². The second kappa shape index (κ2) is 9.43.